The van der Waals surface area contributed by atoms with E-state index in [1.54, 1.807) is 0 Å². The molecule has 2 rings (SSSR count). The van der Waals surface area contributed by atoms with Crippen molar-refractivity contribution in [3.63, 3.8) is 0 Å². The lowest BCUT2D eigenvalue weighted by Gasteiger charge is -2.28. The smallest absolute Gasteiger partial charge is 0.410 e. The quantitative estimate of drug-likeness (QED) is 0.923. The average Bonchev–Trinajstić information content (AvgIpc) is 2.95. The van der Waals surface area contributed by atoms with Crippen molar-refractivity contribution in [1.29, 1.82) is 0 Å². The number of nitrogens with one attached hydrogen (secondary N) is 1. The first-order chi connectivity index (χ1) is 11.2. The molecule has 1 aromatic rings. The van der Waals surface area contributed by atoms with Gasteiger partial charge in [-0.1, -0.05) is 0 Å². The second-order valence-electron chi connectivity index (χ2n) is 7.26. The maximum absolute atomic E-state index is 12.5. The Balaban J connectivity index is 2.01. The lowest BCUT2D eigenvalue weighted by atomic mass is 10.2. The van der Waals surface area contributed by atoms with Crippen LogP contribution in [0.4, 0.5) is 16.2 Å². The number of carbonyl (C=O) groups is 2. The van der Waals surface area contributed by atoms with Crippen molar-refractivity contribution in [2.24, 2.45) is 0 Å². The first-order valence-electron chi connectivity index (χ1n) is 8.25. The Morgan fingerprint density at radius 2 is 1.83 bits per heavy atom. The summed E-state index contributed by atoms with van der Waals surface area (Å²) >= 11 is 0. The Morgan fingerprint density at radius 1 is 1.21 bits per heavy atom. The molecule has 0 aliphatic carbocycles. The number of likely N-dealkylation sites (tertiary alicyclic amines) is 1. The zero-order chi connectivity index (χ0) is 17.9. The number of ether oxygens (including phenoxy) is 1. The fourth-order valence-corrected chi connectivity index (χ4v) is 2.65. The molecule has 0 spiro atoms. The molecule has 0 aromatic heterocycles. The summed E-state index contributed by atoms with van der Waals surface area (Å²) in [7, 11) is 3.93. The molecule has 132 valence electrons. The minimum Gasteiger partial charge on any atom is -0.444 e. The highest BCUT2D eigenvalue weighted by atomic mass is 16.6. The van der Waals surface area contributed by atoms with Crippen molar-refractivity contribution < 1.29 is 14.3 Å². The van der Waals surface area contributed by atoms with Crippen LogP contribution >= 0.6 is 0 Å². The normalized spacial score (nSPS) is 17.5. The molecule has 0 saturated carbocycles. The zero-order valence-corrected chi connectivity index (χ0v) is 15.1. The van der Waals surface area contributed by atoms with Crippen molar-refractivity contribution in [2.45, 2.75) is 45.3 Å². The predicted octanol–water partition coefficient (Wildman–Crippen LogP) is 3.09. The molecular weight excluding hydrogens is 306 g/mol. The number of carbonyl (C=O) groups excluding carboxylic acids is 2. The minimum absolute atomic E-state index is 0.170. The first-order valence-corrected chi connectivity index (χ1v) is 8.25. The van der Waals surface area contributed by atoms with Gasteiger partial charge in [0.2, 0.25) is 5.91 Å². The van der Waals surface area contributed by atoms with Crippen LogP contribution < -0.4 is 10.2 Å². The summed E-state index contributed by atoms with van der Waals surface area (Å²) in [5.74, 6) is -0.170. The Hall–Kier alpha value is -2.24. The van der Waals surface area contributed by atoms with Crippen LogP contribution in [0.5, 0.6) is 0 Å². The van der Waals surface area contributed by atoms with E-state index < -0.39 is 17.7 Å². The van der Waals surface area contributed by atoms with E-state index in [-0.39, 0.29) is 5.91 Å². The molecule has 0 bridgehead atoms. The molecule has 1 saturated heterocycles. The Kier molecular flexibility index (Phi) is 5.36. The third kappa shape index (κ3) is 4.63. The fraction of sp³-hybridized carbons (Fsp3) is 0.556. The van der Waals surface area contributed by atoms with Gasteiger partial charge < -0.3 is 15.0 Å². The van der Waals surface area contributed by atoms with E-state index in [2.05, 4.69) is 5.32 Å². The molecule has 1 aliphatic heterocycles. The highest BCUT2D eigenvalue weighted by Gasteiger charge is 2.36. The molecule has 24 heavy (non-hydrogen) atoms. The summed E-state index contributed by atoms with van der Waals surface area (Å²) in [5.41, 5.74) is 1.22. The van der Waals surface area contributed by atoms with E-state index in [0.29, 0.717) is 13.0 Å². The number of amides is 2. The molecular formula is C18H27N3O3. The van der Waals surface area contributed by atoms with Gasteiger partial charge in [-0.25, -0.2) is 4.79 Å². The van der Waals surface area contributed by atoms with Crippen LogP contribution in [0.2, 0.25) is 0 Å². The predicted molar refractivity (Wildman–Crippen MR) is 95.4 cm³/mol. The van der Waals surface area contributed by atoms with Crippen LogP contribution in [0.25, 0.3) is 0 Å². The summed E-state index contributed by atoms with van der Waals surface area (Å²) in [4.78, 5) is 28.3. The molecule has 1 aliphatic rings. The SMILES string of the molecule is CN(C)c1ccc(NC(=O)[C@@H]2CCCN2C(=O)OC(C)(C)C)cc1. The first kappa shape index (κ1) is 18.1. The number of anilines is 2. The topological polar surface area (TPSA) is 61.9 Å². The van der Waals surface area contributed by atoms with Gasteiger partial charge in [-0.3, -0.25) is 9.69 Å². The van der Waals surface area contributed by atoms with Gasteiger partial charge in [0, 0.05) is 32.0 Å². The molecule has 1 atom stereocenters. The van der Waals surface area contributed by atoms with Crippen molar-refractivity contribution in [3.8, 4) is 0 Å². The van der Waals surface area contributed by atoms with Crippen LogP contribution in [-0.2, 0) is 9.53 Å². The number of benzene rings is 1. The van der Waals surface area contributed by atoms with Crippen LogP contribution in [0.15, 0.2) is 24.3 Å². The molecule has 1 aromatic carbocycles. The van der Waals surface area contributed by atoms with Gasteiger partial charge in [-0.05, 0) is 57.9 Å². The summed E-state index contributed by atoms with van der Waals surface area (Å²) in [6.45, 7) is 6.01. The van der Waals surface area contributed by atoms with Gasteiger partial charge in [0.15, 0.2) is 0 Å². The van der Waals surface area contributed by atoms with E-state index in [1.165, 1.54) is 4.90 Å². The van der Waals surface area contributed by atoms with Crippen LogP contribution in [0.1, 0.15) is 33.6 Å². The Morgan fingerprint density at radius 3 is 2.38 bits per heavy atom. The molecule has 1 heterocycles. The summed E-state index contributed by atoms with van der Waals surface area (Å²) < 4.78 is 5.40. The van der Waals surface area contributed by atoms with Gasteiger partial charge >= 0.3 is 6.09 Å². The maximum atomic E-state index is 12.5. The average molecular weight is 333 g/mol. The number of nitrogens with zero attached hydrogens (tertiary/aromatic N) is 2. The van der Waals surface area contributed by atoms with Gasteiger partial charge in [0.1, 0.15) is 11.6 Å². The maximum Gasteiger partial charge on any atom is 0.410 e. The van der Waals surface area contributed by atoms with Crippen molar-refractivity contribution in [3.05, 3.63) is 24.3 Å². The highest BCUT2D eigenvalue weighted by Crippen LogP contribution is 2.23. The molecule has 0 unspecified atom stereocenters. The third-order valence-electron chi connectivity index (χ3n) is 3.83. The lowest BCUT2D eigenvalue weighted by Crippen LogP contribution is -2.45. The van der Waals surface area contributed by atoms with E-state index in [4.69, 9.17) is 4.74 Å². The largest absolute Gasteiger partial charge is 0.444 e. The monoisotopic (exact) mass is 333 g/mol. The molecule has 6 heteroatoms. The molecule has 0 radical (unpaired) electrons. The van der Waals surface area contributed by atoms with Gasteiger partial charge in [-0.15, -0.1) is 0 Å². The zero-order valence-electron chi connectivity index (χ0n) is 15.1. The molecule has 1 N–H and O–H groups in total. The third-order valence-corrected chi connectivity index (χ3v) is 3.83. The molecule has 2 amide bonds. The fourth-order valence-electron chi connectivity index (χ4n) is 2.65. The molecule has 1 fully saturated rings. The summed E-state index contributed by atoms with van der Waals surface area (Å²) in [6, 6.07) is 7.12. The van der Waals surface area contributed by atoms with E-state index in [1.807, 2.05) is 64.0 Å². The lowest BCUT2D eigenvalue weighted by molar-refractivity contribution is -0.120. The van der Waals surface area contributed by atoms with Crippen molar-refractivity contribution >= 4 is 23.4 Å². The standard InChI is InChI=1S/C18H27N3O3/c1-18(2,3)24-17(23)21-12-6-7-15(21)16(22)19-13-8-10-14(11-9-13)20(4)5/h8-11,15H,6-7,12H2,1-5H3,(H,19,22)/t15-/m0/s1. The van der Waals surface area contributed by atoms with Gasteiger partial charge in [-0.2, -0.15) is 0 Å². The summed E-state index contributed by atoms with van der Waals surface area (Å²) in [6.07, 6.45) is 1.03. The van der Waals surface area contributed by atoms with Gasteiger partial charge in [0.05, 0.1) is 0 Å². The number of rotatable bonds is 3. The van der Waals surface area contributed by atoms with E-state index in [0.717, 1.165) is 17.8 Å². The van der Waals surface area contributed by atoms with E-state index >= 15 is 0 Å². The second-order valence-corrected chi connectivity index (χ2v) is 7.26. The van der Waals surface area contributed by atoms with Crippen molar-refractivity contribution in [2.75, 3.05) is 30.9 Å². The summed E-state index contributed by atoms with van der Waals surface area (Å²) in [5, 5.41) is 2.89. The number of hydrogen-bond acceptors (Lipinski definition) is 4. The Bertz CT molecular complexity index is 591. The highest BCUT2D eigenvalue weighted by molar-refractivity contribution is 5.97. The van der Waals surface area contributed by atoms with Crippen LogP contribution in [-0.4, -0.2) is 49.2 Å². The number of hydrogen-bond donors (Lipinski definition) is 1. The minimum atomic E-state index is -0.567. The molecule has 6 nitrogen and oxygen atoms in total. The van der Waals surface area contributed by atoms with Crippen molar-refractivity contribution in [1.82, 2.24) is 4.90 Å². The second kappa shape index (κ2) is 7.11. The van der Waals surface area contributed by atoms with Crippen LogP contribution in [0.3, 0.4) is 0 Å². The van der Waals surface area contributed by atoms with E-state index in [9.17, 15) is 9.59 Å². The van der Waals surface area contributed by atoms with Crippen LogP contribution in [0, 0.1) is 0 Å². The van der Waals surface area contributed by atoms with Gasteiger partial charge in [0.25, 0.3) is 0 Å². The Labute approximate surface area is 143 Å².